The molecule has 2 heteroatoms. The van der Waals surface area contributed by atoms with Crippen LogP contribution in [0.5, 0.6) is 0 Å². The first-order chi connectivity index (χ1) is 5.24. The molecule has 0 aromatic carbocycles. The van der Waals surface area contributed by atoms with E-state index in [1.54, 1.807) is 0 Å². The van der Waals surface area contributed by atoms with Crippen molar-refractivity contribution in [3.8, 4) is 0 Å². The monoisotopic (exact) mass is 167 g/mol. The van der Waals surface area contributed by atoms with Crippen LogP contribution >= 0.6 is 12.2 Å². The molecule has 1 aliphatic rings. The summed E-state index contributed by atoms with van der Waals surface area (Å²) in [5, 5.41) is 0. The van der Waals surface area contributed by atoms with Crippen molar-refractivity contribution < 1.29 is 0 Å². The topological polar surface area (TPSA) is 26.0 Å². The summed E-state index contributed by atoms with van der Waals surface area (Å²) in [7, 11) is 0. The summed E-state index contributed by atoms with van der Waals surface area (Å²) < 4.78 is 0. The van der Waals surface area contributed by atoms with Gasteiger partial charge in [0.1, 0.15) is 0 Å². The van der Waals surface area contributed by atoms with Crippen LogP contribution in [-0.4, -0.2) is 4.99 Å². The first-order valence-electron chi connectivity index (χ1n) is 3.83. The third kappa shape index (κ3) is 2.15. The van der Waals surface area contributed by atoms with Gasteiger partial charge in [0, 0.05) is 6.42 Å². The lowest BCUT2D eigenvalue weighted by Crippen LogP contribution is -2.13. The van der Waals surface area contributed by atoms with Crippen molar-refractivity contribution in [2.24, 2.45) is 5.73 Å². The second-order valence-corrected chi connectivity index (χ2v) is 3.37. The Morgan fingerprint density at radius 3 is 2.55 bits per heavy atom. The first-order valence-corrected chi connectivity index (χ1v) is 4.24. The zero-order valence-corrected chi connectivity index (χ0v) is 7.41. The van der Waals surface area contributed by atoms with Gasteiger partial charge in [-0.15, -0.1) is 6.58 Å². The third-order valence-electron chi connectivity index (χ3n) is 2.01. The predicted octanol–water partition coefficient (Wildman–Crippen LogP) is 2.33. The molecule has 0 unspecified atom stereocenters. The quantitative estimate of drug-likeness (QED) is 0.513. The van der Waals surface area contributed by atoms with E-state index in [-0.39, 0.29) is 0 Å². The maximum absolute atomic E-state index is 5.43. The van der Waals surface area contributed by atoms with Crippen molar-refractivity contribution in [1.82, 2.24) is 0 Å². The zero-order valence-electron chi connectivity index (χ0n) is 6.60. The molecule has 0 spiro atoms. The maximum atomic E-state index is 5.43. The average Bonchev–Trinajstić information content (AvgIpc) is 1.93. The molecular weight excluding hydrogens is 154 g/mol. The van der Waals surface area contributed by atoms with Crippen LogP contribution in [0.4, 0.5) is 0 Å². The Morgan fingerprint density at radius 2 is 2.18 bits per heavy atom. The summed E-state index contributed by atoms with van der Waals surface area (Å²) in [5.74, 6) is 0. The van der Waals surface area contributed by atoms with Crippen molar-refractivity contribution in [3.63, 3.8) is 0 Å². The van der Waals surface area contributed by atoms with Gasteiger partial charge in [0.05, 0.1) is 4.99 Å². The van der Waals surface area contributed by atoms with Gasteiger partial charge in [-0.1, -0.05) is 29.4 Å². The van der Waals surface area contributed by atoms with Crippen molar-refractivity contribution in [3.05, 3.63) is 23.8 Å². The lowest BCUT2D eigenvalue weighted by Gasteiger charge is -2.22. The highest BCUT2D eigenvalue weighted by atomic mass is 32.1. The molecule has 0 fully saturated rings. The predicted molar refractivity (Wildman–Crippen MR) is 52.5 cm³/mol. The van der Waals surface area contributed by atoms with Crippen LogP contribution in [-0.2, 0) is 0 Å². The molecule has 0 heterocycles. The van der Waals surface area contributed by atoms with Crippen molar-refractivity contribution in [2.75, 3.05) is 0 Å². The molecule has 1 aliphatic carbocycles. The van der Waals surface area contributed by atoms with E-state index in [0.717, 1.165) is 12.8 Å². The third-order valence-corrected chi connectivity index (χ3v) is 2.15. The number of nitrogens with two attached hydrogens (primary N) is 1. The smallest absolute Gasteiger partial charge is 0.0768 e. The molecule has 2 N–H and O–H groups in total. The minimum atomic E-state index is 0.612. The Bertz CT molecular complexity index is 216. The van der Waals surface area contributed by atoms with E-state index >= 15 is 0 Å². The fourth-order valence-electron chi connectivity index (χ4n) is 1.32. The molecule has 0 aliphatic heterocycles. The molecule has 0 radical (unpaired) electrons. The van der Waals surface area contributed by atoms with Crippen LogP contribution in [0.3, 0.4) is 0 Å². The van der Waals surface area contributed by atoms with Crippen LogP contribution in [0.25, 0.3) is 0 Å². The molecular formula is C9H13NS. The molecule has 60 valence electrons. The second kappa shape index (κ2) is 3.67. The molecule has 0 bridgehead atoms. The molecule has 11 heavy (non-hydrogen) atoms. The van der Waals surface area contributed by atoms with Gasteiger partial charge in [0.2, 0.25) is 0 Å². The Labute approximate surface area is 73.0 Å². The minimum Gasteiger partial charge on any atom is -0.393 e. The highest BCUT2D eigenvalue weighted by molar-refractivity contribution is 7.80. The second-order valence-electron chi connectivity index (χ2n) is 2.84. The van der Waals surface area contributed by atoms with Gasteiger partial charge >= 0.3 is 0 Å². The summed E-state index contributed by atoms with van der Waals surface area (Å²) >= 11 is 4.83. The number of hydrogen-bond acceptors (Lipinski definition) is 1. The minimum absolute atomic E-state index is 0.612. The van der Waals surface area contributed by atoms with Crippen LogP contribution in [0.2, 0.25) is 0 Å². The van der Waals surface area contributed by atoms with Crippen molar-refractivity contribution in [2.45, 2.75) is 25.7 Å². The average molecular weight is 167 g/mol. The summed E-state index contributed by atoms with van der Waals surface area (Å²) in [5.41, 5.74) is 8.37. The molecule has 1 rings (SSSR count). The Balaban J connectivity index is 2.50. The van der Waals surface area contributed by atoms with Gasteiger partial charge in [-0.3, -0.25) is 0 Å². The normalized spacial score (nSPS) is 16.0. The molecule has 0 saturated heterocycles. The molecule has 0 atom stereocenters. The molecule has 0 aromatic rings. The fourth-order valence-corrected chi connectivity index (χ4v) is 1.50. The number of thiocarbonyl (C=S) groups is 1. The summed E-state index contributed by atoms with van der Waals surface area (Å²) in [6.07, 6.45) is 6.16. The molecule has 1 nitrogen and oxygen atoms in total. The number of allylic oxidation sites excluding steroid dienone is 2. The highest BCUT2D eigenvalue weighted by Crippen LogP contribution is 2.32. The van der Waals surface area contributed by atoms with Crippen LogP contribution in [0.15, 0.2) is 23.8 Å². The summed E-state index contributed by atoms with van der Waals surface area (Å²) in [6.45, 7) is 3.70. The van der Waals surface area contributed by atoms with E-state index in [1.165, 1.54) is 24.0 Å². The summed E-state index contributed by atoms with van der Waals surface area (Å²) in [6, 6.07) is 0. The van der Waals surface area contributed by atoms with Gasteiger partial charge in [-0.25, -0.2) is 0 Å². The standard InChI is InChI=1S/C9H13NS/c1-2-3-7-4-5-8(7)6-9(10)11/h2H,1,3-6H2,(H2,10,11). The SMILES string of the molecule is C=CCC1=C(CC(N)=S)CC1. The van der Waals surface area contributed by atoms with Crippen LogP contribution < -0.4 is 5.73 Å². The van der Waals surface area contributed by atoms with E-state index in [4.69, 9.17) is 18.0 Å². The van der Waals surface area contributed by atoms with Crippen molar-refractivity contribution >= 4 is 17.2 Å². The Kier molecular flexibility index (Phi) is 2.83. The largest absolute Gasteiger partial charge is 0.393 e. The van der Waals surface area contributed by atoms with Gasteiger partial charge in [0.15, 0.2) is 0 Å². The highest BCUT2D eigenvalue weighted by Gasteiger charge is 2.15. The lowest BCUT2D eigenvalue weighted by molar-refractivity contribution is 0.757. The zero-order chi connectivity index (χ0) is 8.27. The van der Waals surface area contributed by atoms with Gasteiger partial charge in [-0.2, -0.15) is 0 Å². The van der Waals surface area contributed by atoms with Crippen molar-refractivity contribution in [1.29, 1.82) is 0 Å². The van der Waals surface area contributed by atoms with E-state index in [1.807, 2.05) is 6.08 Å². The van der Waals surface area contributed by atoms with Gasteiger partial charge < -0.3 is 5.73 Å². The molecule has 0 amide bonds. The van der Waals surface area contributed by atoms with E-state index in [2.05, 4.69) is 6.58 Å². The Hall–Kier alpha value is -0.630. The van der Waals surface area contributed by atoms with E-state index < -0.39 is 0 Å². The van der Waals surface area contributed by atoms with E-state index in [0.29, 0.717) is 4.99 Å². The number of rotatable bonds is 4. The maximum Gasteiger partial charge on any atom is 0.0768 e. The Morgan fingerprint density at radius 1 is 1.55 bits per heavy atom. The van der Waals surface area contributed by atoms with Gasteiger partial charge in [-0.05, 0) is 19.3 Å². The van der Waals surface area contributed by atoms with Crippen LogP contribution in [0.1, 0.15) is 25.7 Å². The van der Waals surface area contributed by atoms with E-state index in [9.17, 15) is 0 Å². The van der Waals surface area contributed by atoms with Crippen LogP contribution in [0, 0.1) is 0 Å². The van der Waals surface area contributed by atoms with Gasteiger partial charge in [0.25, 0.3) is 0 Å². The fraction of sp³-hybridized carbons (Fsp3) is 0.444. The lowest BCUT2D eigenvalue weighted by atomic mass is 9.84. The molecule has 0 saturated carbocycles. The first kappa shape index (κ1) is 8.47. The number of hydrogen-bond donors (Lipinski definition) is 1. The molecule has 0 aromatic heterocycles. The summed E-state index contributed by atoms with van der Waals surface area (Å²) in [4.78, 5) is 0.612.